The molecule has 0 aromatic heterocycles. The molecule has 8 nitrogen and oxygen atoms in total. The standard InChI is InChI=1S/C10H13N3O5S/c11-9-5-7(13(15)16)1-2-10(9)19(17,18)12-4-3-8(14)6-12/h1-2,5,8,14H,3-4,6,11H2. The molecule has 0 spiro atoms. The number of benzene rings is 1. The van der Waals surface area contributed by atoms with Gasteiger partial charge in [0.15, 0.2) is 0 Å². The van der Waals surface area contributed by atoms with E-state index >= 15 is 0 Å². The molecule has 0 bridgehead atoms. The first kappa shape index (κ1) is 13.7. The number of nitrogens with two attached hydrogens (primary N) is 1. The SMILES string of the molecule is Nc1cc([N+](=O)[O-])ccc1S(=O)(=O)N1CCC(O)C1. The molecular formula is C10H13N3O5S. The number of nitro groups is 1. The minimum Gasteiger partial charge on any atom is -0.397 e. The number of hydrogen-bond donors (Lipinski definition) is 2. The summed E-state index contributed by atoms with van der Waals surface area (Å²) < 4.78 is 25.6. The fraction of sp³-hybridized carbons (Fsp3) is 0.400. The minimum atomic E-state index is -3.82. The van der Waals surface area contributed by atoms with Crippen molar-refractivity contribution in [3.63, 3.8) is 0 Å². The highest BCUT2D eigenvalue weighted by Crippen LogP contribution is 2.28. The summed E-state index contributed by atoms with van der Waals surface area (Å²) in [6.45, 7) is 0.221. The van der Waals surface area contributed by atoms with Crippen molar-refractivity contribution in [1.82, 2.24) is 4.31 Å². The molecule has 0 aliphatic carbocycles. The highest BCUT2D eigenvalue weighted by atomic mass is 32.2. The fourth-order valence-electron chi connectivity index (χ4n) is 1.95. The summed E-state index contributed by atoms with van der Waals surface area (Å²) in [5.41, 5.74) is 5.14. The molecule has 1 saturated heterocycles. The summed E-state index contributed by atoms with van der Waals surface area (Å²) in [5.74, 6) is 0. The Kier molecular flexibility index (Phi) is 3.43. The normalized spacial score (nSPS) is 20.6. The summed E-state index contributed by atoms with van der Waals surface area (Å²) in [6.07, 6.45) is -0.319. The number of sulfonamides is 1. The topological polar surface area (TPSA) is 127 Å². The van der Waals surface area contributed by atoms with E-state index in [-0.39, 0.29) is 29.4 Å². The molecule has 19 heavy (non-hydrogen) atoms. The van der Waals surface area contributed by atoms with Gasteiger partial charge in [-0.05, 0) is 12.5 Å². The molecule has 1 atom stereocenters. The van der Waals surface area contributed by atoms with E-state index in [1.54, 1.807) is 0 Å². The van der Waals surface area contributed by atoms with Crippen molar-refractivity contribution in [2.24, 2.45) is 0 Å². The average molecular weight is 287 g/mol. The number of anilines is 1. The fourth-order valence-corrected chi connectivity index (χ4v) is 3.54. The summed E-state index contributed by atoms with van der Waals surface area (Å²) in [6, 6.07) is 3.22. The lowest BCUT2D eigenvalue weighted by Gasteiger charge is -2.16. The van der Waals surface area contributed by atoms with Crippen molar-refractivity contribution in [3.8, 4) is 0 Å². The predicted octanol–water partition coefficient (Wildman–Crippen LogP) is -0.0677. The van der Waals surface area contributed by atoms with Crippen LogP contribution in [0.2, 0.25) is 0 Å². The van der Waals surface area contributed by atoms with Gasteiger partial charge in [-0.15, -0.1) is 0 Å². The van der Waals surface area contributed by atoms with Gasteiger partial charge in [0.05, 0.1) is 16.7 Å². The zero-order chi connectivity index (χ0) is 14.2. The summed E-state index contributed by atoms with van der Waals surface area (Å²) >= 11 is 0. The number of hydrogen-bond acceptors (Lipinski definition) is 6. The molecule has 1 aromatic rings. The number of non-ortho nitro benzene ring substituents is 1. The van der Waals surface area contributed by atoms with E-state index < -0.39 is 21.1 Å². The van der Waals surface area contributed by atoms with Crippen molar-refractivity contribution < 1.29 is 18.4 Å². The number of rotatable bonds is 3. The predicted molar refractivity (Wildman–Crippen MR) is 66.9 cm³/mol. The summed E-state index contributed by atoms with van der Waals surface area (Å²) in [5, 5.41) is 19.9. The molecule has 9 heteroatoms. The number of nitrogen functional groups attached to an aromatic ring is 1. The largest absolute Gasteiger partial charge is 0.397 e. The molecule has 1 unspecified atom stereocenters. The van der Waals surface area contributed by atoms with Crippen LogP contribution >= 0.6 is 0 Å². The van der Waals surface area contributed by atoms with Crippen LogP contribution in [0, 0.1) is 10.1 Å². The van der Waals surface area contributed by atoms with Gasteiger partial charge >= 0.3 is 0 Å². The third-order valence-corrected chi connectivity index (χ3v) is 4.89. The molecule has 2 rings (SSSR count). The molecular weight excluding hydrogens is 274 g/mol. The van der Waals surface area contributed by atoms with Gasteiger partial charge in [0.2, 0.25) is 10.0 Å². The maximum absolute atomic E-state index is 12.2. The number of aliphatic hydroxyl groups is 1. The molecule has 1 fully saturated rings. The van der Waals surface area contributed by atoms with E-state index in [1.165, 1.54) is 0 Å². The molecule has 1 aliphatic heterocycles. The Morgan fingerprint density at radius 3 is 2.63 bits per heavy atom. The van der Waals surface area contributed by atoms with Crippen LogP contribution in [0.1, 0.15) is 6.42 Å². The molecule has 0 amide bonds. The van der Waals surface area contributed by atoms with Crippen LogP contribution in [0.25, 0.3) is 0 Å². The van der Waals surface area contributed by atoms with Gasteiger partial charge < -0.3 is 10.8 Å². The maximum atomic E-state index is 12.2. The second kappa shape index (κ2) is 4.76. The lowest BCUT2D eigenvalue weighted by Crippen LogP contribution is -2.30. The molecule has 1 aromatic carbocycles. The first-order valence-electron chi connectivity index (χ1n) is 5.54. The number of aliphatic hydroxyl groups excluding tert-OH is 1. The zero-order valence-electron chi connectivity index (χ0n) is 9.89. The van der Waals surface area contributed by atoms with Gasteiger partial charge in [0.1, 0.15) is 4.90 Å². The van der Waals surface area contributed by atoms with Gasteiger partial charge in [-0.25, -0.2) is 8.42 Å². The van der Waals surface area contributed by atoms with Crippen LogP contribution in [0.15, 0.2) is 23.1 Å². The zero-order valence-corrected chi connectivity index (χ0v) is 10.7. The number of nitro benzene ring substituents is 1. The van der Waals surface area contributed by atoms with Gasteiger partial charge in [-0.1, -0.05) is 0 Å². The quantitative estimate of drug-likeness (QED) is 0.455. The molecule has 1 heterocycles. The Hall–Kier alpha value is -1.71. The van der Waals surface area contributed by atoms with Crippen LogP contribution in [0.5, 0.6) is 0 Å². The van der Waals surface area contributed by atoms with Gasteiger partial charge in [0, 0.05) is 25.2 Å². The molecule has 1 aliphatic rings. The van der Waals surface area contributed by atoms with E-state index in [9.17, 15) is 23.6 Å². The molecule has 0 radical (unpaired) electrons. The van der Waals surface area contributed by atoms with Crippen LogP contribution in [-0.2, 0) is 10.0 Å². The van der Waals surface area contributed by atoms with Crippen LogP contribution in [0.4, 0.5) is 11.4 Å². The third-order valence-electron chi connectivity index (χ3n) is 2.95. The first-order valence-corrected chi connectivity index (χ1v) is 6.98. The Balaban J connectivity index is 2.38. The van der Waals surface area contributed by atoms with Crippen molar-refractivity contribution in [3.05, 3.63) is 28.3 Å². The van der Waals surface area contributed by atoms with Crippen LogP contribution in [0.3, 0.4) is 0 Å². The highest BCUT2D eigenvalue weighted by Gasteiger charge is 2.33. The van der Waals surface area contributed by atoms with E-state index in [4.69, 9.17) is 5.73 Å². The second-order valence-electron chi connectivity index (χ2n) is 4.28. The van der Waals surface area contributed by atoms with Crippen molar-refractivity contribution in [2.75, 3.05) is 18.8 Å². The van der Waals surface area contributed by atoms with Crippen molar-refractivity contribution in [2.45, 2.75) is 17.4 Å². The van der Waals surface area contributed by atoms with Crippen LogP contribution in [-0.4, -0.2) is 41.9 Å². The molecule has 3 N–H and O–H groups in total. The van der Waals surface area contributed by atoms with E-state index in [0.29, 0.717) is 6.42 Å². The maximum Gasteiger partial charge on any atom is 0.271 e. The Morgan fingerprint density at radius 2 is 2.16 bits per heavy atom. The van der Waals surface area contributed by atoms with Crippen molar-refractivity contribution >= 4 is 21.4 Å². The van der Waals surface area contributed by atoms with Crippen LogP contribution < -0.4 is 5.73 Å². The third kappa shape index (κ3) is 2.53. The van der Waals surface area contributed by atoms with E-state index in [1.807, 2.05) is 0 Å². The summed E-state index contributed by atoms with van der Waals surface area (Å²) in [7, 11) is -3.82. The average Bonchev–Trinajstić information content (AvgIpc) is 2.76. The van der Waals surface area contributed by atoms with Gasteiger partial charge in [-0.3, -0.25) is 10.1 Å². The first-order chi connectivity index (χ1) is 8.82. The second-order valence-corrected chi connectivity index (χ2v) is 6.19. The monoisotopic (exact) mass is 287 g/mol. The van der Waals surface area contributed by atoms with Gasteiger partial charge in [-0.2, -0.15) is 4.31 Å². The van der Waals surface area contributed by atoms with Gasteiger partial charge in [0.25, 0.3) is 5.69 Å². The molecule has 0 saturated carbocycles. The lowest BCUT2D eigenvalue weighted by molar-refractivity contribution is -0.384. The Labute approximate surface area is 109 Å². The smallest absolute Gasteiger partial charge is 0.271 e. The van der Waals surface area contributed by atoms with Crippen molar-refractivity contribution in [1.29, 1.82) is 0 Å². The minimum absolute atomic E-state index is 0.0127. The van der Waals surface area contributed by atoms with E-state index in [0.717, 1.165) is 22.5 Å². The molecule has 104 valence electrons. The summed E-state index contributed by atoms with van der Waals surface area (Å²) in [4.78, 5) is 9.75. The Bertz CT molecular complexity index is 616. The number of β-amino-alcohol motifs (C(OH)–C–C–N with tert-alkyl or cyclic N) is 1. The Morgan fingerprint density at radius 1 is 1.47 bits per heavy atom. The highest BCUT2D eigenvalue weighted by molar-refractivity contribution is 7.89. The lowest BCUT2D eigenvalue weighted by atomic mass is 10.3. The van der Waals surface area contributed by atoms with E-state index in [2.05, 4.69) is 0 Å². The number of nitrogens with zero attached hydrogens (tertiary/aromatic N) is 2.